The molecule has 146 valence electrons. The summed E-state index contributed by atoms with van der Waals surface area (Å²) in [5, 5.41) is 4.33. The molecule has 2 heterocycles. The Labute approximate surface area is 168 Å². The number of benzene rings is 1. The summed E-state index contributed by atoms with van der Waals surface area (Å²) >= 11 is 12.2. The van der Waals surface area contributed by atoms with Gasteiger partial charge in [-0.15, -0.1) is 0 Å². The van der Waals surface area contributed by atoms with E-state index >= 15 is 0 Å². The van der Waals surface area contributed by atoms with Crippen LogP contribution >= 0.6 is 23.2 Å². The molecule has 1 saturated heterocycles. The summed E-state index contributed by atoms with van der Waals surface area (Å²) in [5.74, 6) is 1.81. The molecule has 1 aromatic carbocycles. The molecule has 1 aliphatic carbocycles. The van der Waals surface area contributed by atoms with E-state index in [0.29, 0.717) is 38.0 Å². The number of piperazine rings is 1. The number of halogens is 2. The second-order valence-electron chi connectivity index (χ2n) is 6.93. The number of hydrogen-bond acceptors (Lipinski definition) is 6. The van der Waals surface area contributed by atoms with E-state index in [9.17, 15) is 8.42 Å². The zero-order chi connectivity index (χ0) is 19.2. The fourth-order valence-corrected chi connectivity index (χ4v) is 5.78. The van der Waals surface area contributed by atoms with Gasteiger partial charge in [0.1, 0.15) is 4.90 Å². The molecule has 27 heavy (non-hydrogen) atoms. The normalized spacial score (nSPS) is 20.7. The molecule has 0 spiro atoms. The molecule has 0 bridgehead atoms. The van der Waals surface area contributed by atoms with Crippen LogP contribution in [0.15, 0.2) is 27.6 Å². The van der Waals surface area contributed by atoms with Crippen molar-refractivity contribution in [3.63, 3.8) is 0 Å². The summed E-state index contributed by atoms with van der Waals surface area (Å²) in [5.41, 5.74) is 0. The molecule has 7 nitrogen and oxygen atoms in total. The van der Waals surface area contributed by atoms with Crippen LogP contribution in [0.2, 0.25) is 10.0 Å². The molecule has 1 unspecified atom stereocenters. The molecule has 2 aromatic rings. The summed E-state index contributed by atoms with van der Waals surface area (Å²) in [6.07, 6.45) is 2.24. The molecule has 1 aromatic heterocycles. The second-order valence-corrected chi connectivity index (χ2v) is 9.62. The predicted octanol–water partition coefficient (Wildman–Crippen LogP) is 3.32. The van der Waals surface area contributed by atoms with Crippen LogP contribution in [-0.4, -0.2) is 53.9 Å². The summed E-state index contributed by atoms with van der Waals surface area (Å²) in [6, 6.07) is 4.64. The topological polar surface area (TPSA) is 79.5 Å². The Kier molecular flexibility index (Phi) is 5.20. The highest BCUT2D eigenvalue weighted by atomic mass is 35.5. The van der Waals surface area contributed by atoms with E-state index in [1.165, 1.54) is 16.4 Å². The third-order valence-electron chi connectivity index (χ3n) is 5.10. The summed E-state index contributed by atoms with van der Waals surface area (Å²) in [6.45, 7) is 3.81. The van der Waals surface area contributed by atoms with Crippen molar-refractivity contribution in [1.82, 2.24) is 19.3 Å². The van der Waals surface area contributed by atoms with Gasteiger partial charge in [-0.05, 0) is 31.9 Å². The predicted molar refractivity (Wildman–Crippen MR) is 101 cm³/mol. The first-order chi connectivity index (χ1) is 12.9. The third-order valence-corrected chi connectivity index (χ3v) is 7.95. The molecule has 0 amide bonds. The molecule has 0 N–H and O–H groups in total. The van der Waals surface area contributed by atoms with E-state index in [1.807, 2.05) is 6.92 Å². The Morgan fingerprint density at radius 2 is 1.78 bits per heavy atom. The van der Waals surface area contributed by atoms with E-state index < -0.39 is 10.0 Å². The fourth-order valence-electron chi connectivity index (χ4n) is 3.27. The first-order valence-corrected chi connectivity index (χ1v) is 11.1. The Morgan fingerprint density at radius 3 is 2.37 bits per heavy atom. The number of rotatable bonds is 5. The van der Waals surface area contributed by atoms with Gasteiger partial charge in [-0.3, -0.25) is 4.90 Å². The van der Waals surface area contributed by atoms with Gasteiger partial charge in [-0.25, -0.2) is 8.42 Å². The zero-order valence-electron chi connectivity index (χ0n) is 14.8. The van der Waals surface area contributed by atoms with Crippen LogP contribution in [-0.2, 0) is 10.0 Å². The largest absolute Gasteiger partial charge is 0.338 e. The van der Waals surface area contributed by atoms with Crippen LogP contribution in [0, 0.1) is 0 Å². The molecule has 2 fully saturated rings. The number of nitrogens with zero attached hydrogens (tertiary/aromatic N) is 4. The Morgan fingerprint density at radius 1 is 1.15 bits per heavy atom. The van der Waals surface area contributed by atoms with Crippen LogP contribution < -0.4 is 0 Å². The van der Waals surface area contributed by atoms with Crippen LogP contribution in [0.4, 0.5) is 0 Å². The highest BCUT2D eigenvalue weighted by molar-refractivity contribution is 7.89. The van der Waals surface area contributed by atoms with Crippen LogP contribution in [0.3, 0.4) is 0 Å². The van der Waals surface area contributed by atoms with Crippen molar-refractivity contribution in [3.8, 4) is 0 Å². The van der Waals surface area contributed by atoms with Gasteiger partial charge in [-0.1, -0.05) is 34.4 Å². The average molecular weight is 431 g/mol. The second kappa shape index (κ2) is 7.33. The van der Waals surface area contributed by atoms with E-state index in [4.69, 9.17) is 27.7 Å². The van der Waals surface area contributed by atoms with Gasteiger partial charge in [-0.2, -0.15) is 9.29 Å². The van der Waals surface area contributed by atoms with Crippen molar-refractivity contribution in [3.05, 3.63) is 40.0 Å². The van der Waals surface area contributed by atoms with Crippen molar-refractivity contribution in [2.45, 2.75) is 36.6 Å². The molecule has 1 saturated carbocycles. The Hall–Kier alpha value is -1.19. The van der Waals surface area contributed by atoms with E-state index in [1.54, 1.807) is 6.07 Å². The first kappa shape index (κ1) is 19.1. The summed E-state index contributed by atoms with van der Waals surface area (Å²) in [7, 11) is -3.74. The zero-order valence-corrected chi connectivity index (χ0v) is 17.1. The van der Waals surface area contributed by atoms with E-state index in [-0.39, 0.29) is 21.0 Å². The van der Waals surface area contributed by atoms with Gasteiger partial charge in [0.25, 0.3) is 0 Å². The van der Waals surface area contributed by atoms with Gasteiger partial charge in [0, 0.05) is 32.1 Å². The van der Waals surface area contributed by atoms with Gasteiger partial charge < -0.3 is 4.52 Å². The van der Waals surface area contributed by atoms with Gasteiger partial charge in [0.15, 0.2) is 5.82 Å². The lowest BCUT2D eigenvalue weighted by molar-refractivity contribution is 0.124. The van der Waals surface area contributed by atoms with Crippen molar-refractivity contribution in [2.75, 3.05) is 26.2 Å². The summed E-state index contributed by atoms with van der Waals surface area (Å²) in [4.78, 5) is 6.62. The average Bonchev–Trinajstić information content (AvgIpc) is 3.38. The van der Waals surface area contributed by atoms with E-state index in [0.717, 1.165) is 18.7 Å². The highest BCUT2D eigenvalue weighted by Gasteiger charge is 2.35. The fraction of sp³-hybridized carbons (Fsp3) is 0.529. The SMILES string of the molecule is CC(c1nc(C2CC2)no1)N1CCN(S(=O)(=O)c2c(Cl)cccc2Cl)CC1. The maximum absolute atomic E-state index is 13.0. The third kappa shape index (κ3) is 3.73. The van der Waals surface area contributed by atoms with Crippen LogP contribution in [0.25, 0.3) is 0 Å². The molecular formula is C17H20Cl2N4O3S. The quantitative estimate of drug-likeness (QED) is 0.723. The standard InChI is InChI=1S/C17H20Cl2N4O3S/c1-11(17-20-16(21-26-17)12-5-6-12)22-7-9-23(10-8-22)27(24,25)15-13(18)3-2-4-14(15)19/h2-4,11-12H,5-10H2,1H3. The molecule has 10 heteroatoms. The minimum absolute atomic E-state index is 0.0270. The number of sulfonamides is 1. The summed E-state index contributed by atoms with van der Waals surface area (Å²) < 4.78 is 32.7. The van der Waals surface area contributed by atoms with Crippen molar-refractivity contribution >= 4 is 33.2 Å². The Bertz CT molecular complexity index is 917. The molecule has 0 radical (unpaired) electrons. The van der Waals surface area contributed by atoms with E-state index in [2.05, 4.69) is 15.0 Å². The Balaban J connectivity index is 1.45. The lowest BCUT2D eigenvalue weighted by Crippen LogP contribution is -2.49. The van der Waals surface area contributed by atoms with Gasteiger partial charge in [0.2, 0.25) is 15.9 Å². The monoisotopic (exact) mass is 430 g/mol. The highest BCUT2D eigenvalue weighted by Crippen LogP contribution is 2.39. The van der Waals surface area contributed by atoms with Crippen LogP contribution in [0.5, 0.6) is 0 Å². The lowest BCUT2D eigenvalue weighted by Gasteiger charge is -2.36. The molecule has 1 aliphatic heterocycles. The molecular weight excluding hydrogens is 411 g/mol. The smallest absolute Gasteiger partial charge is 0.246 e. The van der Waals surface area contributed by atoms with Crippen molar-refractivity contribution < 1.29 is 12.9 Å². The molecule has 2 aliphatic rings. The number of aromatic nitrogens is 2. The van der Waals surface area contributed by atoms with Gasteiger partial charge in [0.05, 0.1) is 16.1 Å². The molecule has 1 atom stereocenters. The maximum atomic E-state index is 13.0. The first-order valence-electron chi connectivity index (χ1n) is 8.89. The van der Waals surface area contributed by atoms with Crippen molar-refractivity contribution in [2.24, 2.45) is 0 Å². The minimum atomic E-state index is -3.74. The van der Waals surface area contributed by atoms with Crippen molar-refractivity contribution in [1.29, 1.82) is 0 Å². The van der Waals surface area contributed by atoms with Gasteiger partial charge >= 0.3 is 0 Å². The molecule has 4 rings (SSSR count). The minimum Gasteiger partial charge on any atom is -0.338 e. The number of hydrogen-bond donors (Lipinski definition) is 0. The maximum Gasteiger partial charge on any atom is 0.246 e. The lowest BCUT2D eigenvalue weighted by atomic mass is 10.2. The van der Waals surface area contributed by atoms with Crippen LogP contribution in [0.1, 0.15) is 43.4 Å².